The molecule has 0 spiro atoms. The van der Waals surface area contributed by atoms with Crippen molar-refractivity contribution in [1.29, 1.82) is 0 Å². The second-order valence-electron chi connectivity index (χ2n) is 6.57. The van der Waals surface area contributed by atoms with Crippen LogP contribution in [0.25, 0.3) is 0 Å². The van der Waals surface area contributed by atoms with Gasteiger partial charge in [-0.15, -0.1) is 5.10 Å². The van der Waals surface area contributed by atoms with Crippen molar-refractivity contribution in [3.63, 3.8) is 0 Å². The molecule has 0 saturated carbocycles. The van der Waals surface area contributed by atoms with E-state index in [4.69, 9.17) is 4.74 Å². The van der Waals surface area contributed by atoms with E-state index in [1.54, 1.807) is 11.8 Å². The molecule has 7 nitrogen and oxygen atoms in total. The van der Waals surface area contributed by atoms with Crippen molar-refractivity contribution in [2.75, 3.05) is 13.7 Å². The topological polar surface area (TPSA) is 73.1 Å². The number of hydrogen-bond acceptors (Lipinski definition) is 6. The number of methoxy groups -OCH3 is 1. The van der Waals surface area contributed by atoms with Crippen molar-refractivity contribution in [1.82, 2.24) is 25.1 Å². The highest BCUT2D eigenvalue weighted by Crippen LogP contribution is 2.23. The van der Waals surface area contributed by atoms with Gasteiger partial charge in [0.1, 0.15) is 5.75 Å². The van der Waals surface area contributed by atoms with Gasteiger partial charge in [0.25, 0.3) is 0 Å². The van der Waals surface area contributed by atoms with Crippen LogP contribution < -0.4 is 4.74 Å². The first kappa shape index (κ1) is 20.9. The number of tetrazole rings is 1. The minimum Gasteiger partial charge on any atom is -0.497 e. The van der Waals surface area contributed by atoms with E-state index < -0.39 is 0 Å². The highest BCUT2D eigenvalue weighted by atomic mass is 32.2. The molecule has 1 aromatic heterocycles. The molecule has 2 aromatic carbocycles. The number of thioether (sulfide) groups is 1. The van der Waals surface area contributed by atoms with Crippen molar-refractivity contribution >= 4 is 17.7 Å². The van der Waals surface area contributed by atoms with Crippen molar-refractivity contribution in [2.45, 2.75) is 37.3 Å². The lowest BCUT2D eigenvalue weighted by molar-refractivity contribution is -0.130. The molecular formula is C21H25N5O2S. The summed E-state index contributed by atoms with van der Waals surface area (Å²) in [6.07, 6.45) is 0. The van der Waals surface area contributed by atoms with Crippen LogP contribution in [0.15, 0.2) is 59.8 Å². The molecular weight excluding hydrogens is 386 g/mol. The Labute approximate surface area is 175 Å². The van der Waals surface area contributed by atoms with Crippen LogP contribution in [-0.4, -0.2) is 49.9 Å². The highest BCUT2D eigenvalue weighted by molar-refractivity contribution is 8.00. The van der Waals surface area contributed by atoms with E-state index in [1.165, 1.54) is 11.8 Å². The Morgan fingerprint density at radius 2 is 1.86 bits per heavy atom. The number of hydrogen-bond donors (Lipinski definition) is 0. The van der Waals surface area contributed by atoms with Gasteiger partial charge in [0.15, 0.2) is 0 Å². The van der Waals surface area contributed by atoms with Gasteiger partial charge < -0.3 is 9.64 Å². The van der Waals surface area contributed by atoms with Gasteiger partial charge in [-0.1, -0.05) is 54.2 Å². The zero-order chi connectivity index (χ0) is 20.6. The molecule has 0 bridgehead atoms. The lowest BCUT2D eigenvalue weighted by Crippen LogP contribution is -2.36. The van der Waals surface area contributed by atoms with Crippen LogP contribution in [-0.2, 0) is 17.9 Å². The van der Waals surface area contributed by atoms with Gasteiger partial charge in [-0.05, 0) is 47.5 Å². The third-order valence-electron chi connectivity index (χ3n) is 4.53. The molecule has 152 valence electrons. The zero-order valence-electron chi connectivity index (χ0n) is 16.9. The molecule has 0 saturated heterocycles. The maximum Gasteiger partial charge on any atom is 0.236 e. The number of benzene rings is 2. The van der Waals surface area contributed by atoms with E-state index in [0.717, 1.165) is 16.9 Å². The molecule has 0 aliphatic carbocycles. The Morgan fingerprint density at radius 3 is 2.52 bits per heavy atom. The number of aromatic nitrogens is 4. The third-order valence-corrected chi connectivity index (χ3v) is 5.59. The van der Waals surface area contributed by atoms with Crippen LogP contribution in [0.3, 0.4) is 0 Å². The number of rotatable bonds is 9. The van der Waals surface area contributed by atoms with Crippen LogP contribution in [0.1, 0.15) is 25.0 Å². The van der Waals surface area contributed by atoms with Crippen LogP contribution in [0, 0.1) is 0 Å². The van der Waals surface area contributed by atoms with E-state index in [9.17, 15) is 4.79 Å². The lowest BCUT2D eigenvalue weighted by Gasteiger charge is -2.24. The van der Waals surface area contributed by atoms with Gasteiger partial charge in [0, 0.05) is 13.1 Å². The molecule has 0 N–H and O–H groups in total. The fourth-order valence-corrected chi connectivity index (χ4v) is 3.77. The third kappa shape index (κ3) is 5.57. The smallest absolute Gasteiger partial charge is 0.236 e. The summed E-state index contributed by atoms with van der Waals surface area (Å²) in [7, 11) is 1.64. The summed E-state index contributed by atoms with van der Waals surface area (Å²) >= 11 is 1.38. The molecule has 0 aliphatic heterocycles. The van der Waals surface area contributed by atoms with Crippen molar-refractivity contribution in [3.8, 4) is 5.75 Å². The molecule has 0 aliphatic rings. The summed E-state index contributed by atoms with van der Waals surface area (Å²) in [4.78, 5) is 14.8. The quantitative estimate of drug-likeness (QED) is 0.503. The number of carbonyl (C=O) groups excluding carboxylic acids is 1. The minimum absolute atomic E-state index is 0.0698. The van der Waals surface area contributed by atoms with Gasteiger partial charge in [0.05, 0.1) is 18.9 Å². The van der Waals surface area contributed by atoms with Crippen LogP contribution >= 0.6 is 11.8 Å². The van der Waals surface area contributed by atoms with Gasteiger partial charge in [-0.3, -0.25) is 4.79 Å². The molecule has 8 heteroatoms. The van der Waals surface area contributed by atoms with Crippen molar-refractivity contribution in [3.05, 3.63) is 65.7 Å². The van der Waals surface area contributed by atoms with E-state index >= 15 is 0 Å². The maximum absolute atomic E-state index is 13.0. The maximum atomic E-state index is 13.0. The summed E-state index contributed by atoms with van der Waals surface area (Å²) in [5.41, 5.74) is 2.17. The Bertz CT molecular complexity index is 914. The molecule has 0 radical (unpaired) electrons. The Morgan fingerprint density at radius 1 is 1.14 bits per heavy atom. The van der Waals surface area contributed by atoms with Crippen molar-refractivity contribution in [2.24, 2.45) is 0 Å². The second kappa shape index (κ2) is 10.1. The first-order valence-corrected chi connectivity index (χ1v) is 10.4. The Hall–Kier alpha value is -2.87. The fraction of sp³-hybridized carbons (Fsp3) is 0.333. The van der Waals surface area contributed by atoms with E-state index in [0.29, 0.717) is 24.8 Å². The SMILES string of the molecule is CCN(Cc1ccccc1)C(=O)C(C)Sc1nnnn1Cc1ccc(OC)cc1. The van der Waals surface area contributed by atoms with Crippen LogP contribution in [0.4, 0.5) is 0 Å². The molecule has 0 fully saturated rings. The Kier molecular flexibility index (Phi) is 7.24. The lowest BCUT2D eigenvalue weighted by atomic mass is 10.2. The largest absolute Gasteiger partial charge is 0.497 e. The van der Waals surface area contributed by atoms with Crippen LogP contribution in [0.5, 0.6) is 5.75 Å². The van der Waals surface area contributed by atoms with E-state index in [2.05, 4.69) is 15.5 Å². The van der Waals surface area contributed by atoms with Gasteiger partial charge in [-0.2, -0.15) is 0 Å². The van der Waals surface area contributed by atoms with E-state index in [-0.39, 0.29) is 11.2 Å². The van der Waals surface area contributed by atoms with Gasteiger partial charge in [-0.25, -0.2) is 4.68 Å². The Balaban J connectivity index is 1.64. The predicted molar refractivity (Wildman–Crippen MR) is 113 cm³/mol. The predicted octanol–water partition coefficient (Wildman–Crippen LogP) is 3.26. The monoisotopic (exact) mass is 411 g/mol. The molecule has 3 rings (SSSR count). The molecule has 1 heterocycles. The highest BCUT2D eigenvalue weighted by Gasteiger charge is 2.23. The second-order valence-corrected chi connectivity index (χ2v) is 7.87. The standard InChI is InChI=1S/C21H25N5O2S/c1-4-25(14-17-8-6-5-7-9-17)20(27)16(2)29-21-22-23-24-26(21)15-18-10-12-19(28-3)13-11-18/h5-13,16H,4,14-15H2,1-3H3. The summed E-state index contributed by atoms with van der Waals surface area (Å²) < 4.78 is 6.90. The van der Waals surface area contributed by atoms with Crippen molar-refractivity contribution < 1.29 is 9.53 Å². The number of ether oxygens (including phenoxy) is 1. The first-order valence-electron chi connectivity index (χ1n) is 9.49. The summed E-state index contributed by atoms with van der Waals surface area (Å²) in [5.74, 6) is 0.873. The zero-order valence-corrected chi connectivity index (χ0v) is 17.7. The summed E-state index contributed by atoms with van der Waals surface area (Å²) in [6.45, 7) is 5.66. The fourth-order valence-electron chi connectivity index (χ4n) is 2.90. The number of nitrogens with zero attached hydrogens (tertiary/aromatic N) is 5. The first-order chi connectivity index (χ1) is 14.1. The van der Waals surface area contributed by atoms with E-state index in [1.807, 2.05) is 73.3 Å². The summed E-state index contributed by atoms with van der Waals surface area (Å²) in [6, 6.07) is 17.8. The normalized spacial score (nSPS) is 11.8. The van der Waals surface area contributed by atoms with Crippen LogP contribution in [0.2, 0.25) is 0 Å². The molecule has 29 heavy (non-hydrogen) atoms. The van der Waals surface area contributed by atoms with Gasteiger partial charge >= 0.3 is 0 Å². The number of amides is 1. The molecule has 3 aromatic rings. The average Bonchev–Trinajstić information content (AvgIpc) is 3.19. The minimum atomic E-state index is -0.292. The molecule has 1 amide bonds. The summed E-state index contributed by atoms with van der Waals surface area (Å²) in [5, 5.41) is 12.3. The average molecular weight is 412 g/mol. The van der Waals surface area contributed by atoms with Gasteiger partial charge in [0.2, 0.25) is 11.1 Å². The molecule has 1 unspecified atom stereocenters. The number of carbonyl (C=O) groups is 1. The molecule has 1 atom stereocenters.